The minimum atomic E-state index is -0.213. The topological polar surface area (TPSA) is 55.0 Å². The van der Waals surface area contributed by atoms with Crippen molar-refractivity contribution >= 4 is 23.2 Å². The van der Waals surface area contributed by atoms with Gasteiger partial charge in [-0.3, -0.25) is 4.79 Å². The number of ether oxygens (including phenoxy) is 1. The van der Waals surface area contributed by atoms with Crippen LogP contribution in [0.4, 0.5) is 0 Å². The van der Waals surface area contributed by atoms with E-state index in [1.54, 1.807) is 25.3 Å². The molecule has 3 rings (SSSR count). The molecular formula is C18H14Cl2N2O2. The Kier molecular flexibility index (Phi) is 4.88. The van der Waals surface area contributed by atoms with Gasteiger partial charge in [0, 0.05) is 17.5 Å². The summed E-state index contributed by atoms with van der Waals surface area (Å²) in [6.45, 7) is 0. The Morgan fingerprint density at radius 2 is 1.79 bits per heavy atom. The fourth-order valence-electron chi connectivity index (χ4n) is 2.34. The summed E-state index contributed by atoms with van der Waals surface area (Å²) in [5.74, 6) is 0.777. The maximum Gasteiger partial charge on any atom is 0.267 e. The first-order valence-electron chi connectivity index (χ1n) is 7.24. The van der Waals surface area contributed by atoms with Crippen molar-refractivity contribution in [1.29, 1.82) is 0 Å². The zero-order chi connectivity index (χ0) is 17.1. The molecule has 1 N–H and O–H groups in total. The third-order valence-corrected chi connectivity index (χ3v) is 4.39. The summed E-state index contributed by atoms with van der Waals surface area (Å²) in [4.78, 5) is 12.1. The molecule has 1 heterocycles. The fraction of sp³-hybridized carbons (Fsp3) is 0.111. The molecule has 0 spiro atoms. The summed E-state index contributed by atoms with van der Waals surface area (Å²) in [5, 5.41) is 7.55. The van der Waals surface area contributed by atoms with Crippen molar-refractivity contribution in [1.82, 2.24) is 10.2 Å². The molecule has 6 heteroatoms. The second kappa shape index (κ2) is 7.07. The number of aromatic nitrogens is 2. The molecule has 24 heavy (non-hydrogen) atoms. The third kappa shape index (κ3) is 3.61. The van der Waals surface area contributed by atoms with E-state index in [0.717, 1.165) is 16.9 Å². The highest BCUT2D eigenvalue weighted by molar-refractivity contribution is 6.42. The van der Waals surface area contributed by atoms with Crippen molar-refractivity contribution in [2.24, 2.45) is 0 Å². The lowest BCUT2D eigenvalue weighted by atomic mass is 10.0. The number of hydrogen-bond donors (Lipinski definition) is 1. The zero-order valence-corrected chi connectivity index (χ0v) is 14.4. The standard InChI is InChI=1S/C18H14Cl2N2O2/c1-24-14-5-2-11(3-6-14)8-13-10-17(21-22-18(13)23)12-4-7-15(19)16(20)9-12/h2-7,9-10H,8H2,1H3,(H,22,23). The number of nitrogens with zero attached hydrogens (tertiary/aromatic N) is 1. The number of rotatable bonds is 4. The molecule has 3 aromatic rings. The van der Waals surface area contributed by atoms with E-state index in [-0.39, 0.29) is 5.56 Å². The molecule has 0 aliphatic heterocycles. The fourth-order valence-corrected chi connectivity index (χ4v) is 2.64. The lowest BCUT2D eigenvalue weighted by molar-refractivity contribution is 0.414. The number of hydrogen-bond acceptors (Lipinski definition) is 3. The molecule has 0 amide bonds. The van der Waals surface area contributed by atoms with Crippen molar-refractivity contribution < 1.29 is 4.74 Å². The monoisotopic (exact) mass is 360 g/mol. The number of nitrogens with one attached hydrogen (secondary N) is 1. The molecule has 0 unspecified atom stereocenters. The summed E-state index contributed by atoms with van der Waals surface area (Å²) in [7, 11) is 1.62. The van der Waals surface area contributed by atoms with E-state index >= 15 is 0 Å². The number of methoxy groups -OCH3 is 1. The first-order chi connectivity index (χ1) is 11.6. The first kappa shape index (κ1) is 16.6. The molecule has 0 saturated heterocycles. The van der Waals surface area contributed by atoms with Crippen LogP contribution in [0.3, 0.4) is 0 Å². The van der Waals surface area contributed by atoms with E-state index in [9.17, 15) is 4.79 Å². The molecule has 2 aromatic carbocycles. The Morgan fingerprint density at radius 3 is 2.46 bits per heavy atom. The summed E-state index contributed by atoms with van der Waals surface area (Å²) in [5.41, 5.74) is 2.84. The van der Waals surface area contributed by atoms with Crippen molar-refractivity contribution in [3.8, 4) is 17.0 Å². The van der Waals surface area contributed by atoms with Gasteiger partial charge < -0.3 is 4.74 Å². The van der Waals surface area contributed by atoms with Gasteiger partial charge in [-0.2, -0.15) is 5.10 Å². The average Bonchev–Trinajstić information content (AvgIpc) is 2.60. The van der Waals surface area contributed by atoms with Crippen molar-refractivity contribution in [3.63, 3.8) is 0 Å². The second-order valence-electron chi connectivity index (χ2n) is 5.26. The molecule has 0 saturated carbocycles. The zero-order valence-electron chi connectivity index (χ0n) is 12.8. The van der Waals surface area contributed by atoms with E-state index < -0.39 is 0 Å². The largest absolute Gasteiger partial charge is 0.497 e. The number of benzene rings is 2. The Labute approximate surface area is 149 Å². The van der Waals surface area contributed by atoms with Gasteiger partial charge in [-0.25, -0.2) is 5.10 Å². The van der Waals surface area contributed by atoms with Crippen molar-refractivity contribution in [2.75, 3.05) is 7.11 Å². The summed E-state index contributed by atoms with van der Waals surface area (Å²) in [6, 6.07) is 14.6. The highest BCUT2D eigenvalue weighted by Crippen LogP contribution is 2.27. The van der Waals surface area contributed by atoms with Gasteiger partial charge in [-0.15, -0.1) is 0 Å². The predicted molar refractivity (Wildman–Crippen MR) is 96.1 cm³/mol. The van der Waals surface area contributed by atoms with Gasteiger partial charge >= 0.3 is 0 Å². The van der Waals surface area contributed by atoms with Crippen LogP contribution in [0, 0.1) is 0 Å². The molecule has 4 nitrogen and oxygen atoms in total. The Balaban J connectivity index is 1.93. The minimum Gasteiger partial charge on any atom is -0.497 e. The summed E-state index contributed by atoms with van der Waals surface area (Å²) in [6.07, 6.45) is 0.496. The maximum absolute atomic E-state index is 12.1. The summed E-state index contributed by atoms with van der Waals surface area (Å²) < 4.78 is 5.14. The van der Waals surface area contributed by atoms with E-state index in [4.69, 9.17) is 27.9 Å². The van der Waals surface area contributed by atoms with Crippen LogP contribution in [0.25, 0.3) is 11.3 Å². The Morgan fingerprint density at radius 1 is 1.04 bits per heavy atom. The normalized spacial score (nSPS) is 10.6. The van der Waals surface area contributed by atoms with Gasteiger partial charge in [0.15, 0.2) is 0 Å². The number of halogens is 2. The molecule has 0 radical (unpaired) electrons. The highest BCUT2D eigenvalue weighted by atomic mass is 35.5. The third-order valence-electron chi connectivity index (χ3n) is 3.65. The van der Waals surface area contributed by atoms with Crippen molar-refractivity contribution in [2.45, 2.75) is 6.42 Å². The van der Waals surface area contributed by atoms with E-state index in [1.165, 1.54) is 0 Å². The van der Waals surface area contributed by atoms with Gasteiger partial charge in [0.25, 0.3) is 5.56 Å². The molecule has 0 fully saturated rings. The number of aromatic amines is 1. The van der Waals surface area contributed by atoms with Crippen LogP contribution in [0.5, 0.6) is 5.75 Å². The highest BCUT2D eigenvalue weighted by Gasteiger charge is 2.08. The van der Waals surface area contributed by atoms with Crippen LogP contribution in [0.15, 0.2) is 53.3 Å². The lowest BCUT2D eigenvalue weighted by Gasteiger charge is -2.06. The summed E-state index contributed by atoms with van der Waals surface area (Å²) >= 11 is 12.0. The van der Waals surface area contributed by atoms with E-state index in [0.29, 0.717) is 27.7 Å². The van der Waals surface area contributed by atoms with Crippen LogP contribution >= 0.6 is 23.2 Å². The van der Waals surface area contributed by atoms with E-state index in [2.05, 4.69) is 10.2 Å². The van der Waals surface area contributed by atoms with Gasteiger partial charge in [0.05, 0.1) is 22.8 Å². The van der Waals surface area contributed by atoms with Crippen LogP contribution in [-0.2, 0) is 6.42 Å². The second-order valence-corrected chi connectivity index (χ2v) is 6.08. The van der Waals surface area contributed by atoms with Crippen LogP contribution in [0.2, 0.25) is 10.0 Å². The minimum absolute atomic E-state index is 0.213. The SMILES string of the molecule is COc1ccc(Cc2cc(-c3ccc(Cl)c(Cl)c3)n[nH]c2=O)cc1. The first-order valence-corrected chi connectivity index (χ1v) is 7.99. The van der Waals surface area contributed by atoms with E-state index in [1.807, 2.05) is 30.3 Å². The maximum atomic E-state index is 12.1. The lowest BCUT2D eigenvalue weighted by Crippen LogP contribution is -2.15. The molecule has 122 valence electrons. The molecule has 0 aliphatic rings. The van der Waals surface area contributed by atoms with Crippen LogP contribution < -0.4 is 10.3 Å². The predicted octanol–water partition coefficient (Wildman–Crippen LogP) is 4.34. The Hall–Kier alpha value is -2.30. The molecular weight excluding hydrogens is 347 g/mol. The molecule has 0 atom stereocenters. The smallest absolute Gasteiger partial charge is 0.267 e. The van der Waals surface area contributed by atoms with Gasteiger partial charge in [0.1, 0.15) is 5.75 Å². The molecule has 0 aliphatic carbocycles. The van der Waals surface area contributed by atoms with Crippen LogP contribution in [-0.4, -0.2) is 17.3 Å². The van der Waals surface area contributed by atoms with Gasteiger partial charge in [-0.05, 0) is 35.9 Å². The molecule has 1 aromatic heterocycles. The quantitative estimate of drug-likeness (QED) is 0.752. The van der Waals surface area contributed by atoms with Gasteiger partial charge in [0.2, 0.25) is 0 Å². The molecule has 0 bridgehead atoms. The Bertz CT molecular complexity index is 921. The number of H-pyrrole nitrogens is 1. The van der Waals surface area contributed by atoms with Crippen LogP contribution in [0.1, 0.15) is 11.1 Å². The average molecular weight is 361 g/mol. The van der Waals surface area contributed by atoms with Crippen molar-refractivity contribution in [3.05, 3.63) is 80.1 Å². The van der Waals surface area contributed by atoms with Gasteiger partial charge in [-0.1, -0.05) is 41.4 Å².